The fourth-order valence-corrected chi connectivity index (χ4v) is 1.72. The van der Waals surface area contributed by atoms with Gasteiger partial charge in [0.15, 0.2) is 0 Å². The summed E-state index contributed by atoms with van der Waals surface area (Å²) >= 11 is 0. The number of anilines is 1. The van der Waals surface area contributed by atoms with Crippen molar-refractivity contribution < 1.29 is 0 Å². The highest BCUT2D eigenvalue weighted by molar-refractivity contribution is 5.69. The second-order valence-corrected chi connectivity index (χ2v) is 3.70. The molecule has 0 radical (unpaired) electrons. The molecule has 0 bridgehead atoms. The summed E-state index contributed by atoms with van der Waals surface area (Å²) in [4.78, 5) is 0. The monoisotopic (exact) mass is 197 g/mol. The Kier molecular flexibility index (Phi) is 2.72. The van der Waals surface area contributed by atoms with Crippen LogP contribution in [-0.4, -0.2) is 7.05 Å². The van der Waals surface area contributed by atoms with Crippen LogP contribution in [0.5, 0.6) is 0 Å². The summed E-state index contributed by atoms with van der Waals surface area (Å²) in [5.41, 5.74) is 4.97. The van der Waals surface area contributed by atoms with Gasteiger partial charge in [-0.2, -0.15) is 0 Å². The molecule has 0 saturated carbocycles. The standard InChI is InChI=1S/C14H15N/c1-11-8-13(10-14(9-11)15-2)12-6-4-3-5-7-12/h3-10,15H,1-2H3. The molecule has 1 nitrogen and oxygen atoms in total. The molecule has 1 N–H and O–H groups in total. The van der Waals surface area contributed by atoms with Crippen molar-refractivity contribution in [3.05, 3.63) is 54.1 Å². The highest BCUT2D eigenvalue weighted by Crippen LogP contribution is 2.24. The maximum absolute atomic E-state index is 3.18. The second kappa shape index (κ2) is 4.18. The third-order valence-corrected chi connectivity index (χ3v) is 2.47. The van der Waals surface area contributed by atoms with Gasteiger partial charge in [0.2, 0.25) is 0 Å². The lowest BCUT2D eigenvalue weighted by Crippen LogP contribution is -1.89. The summed E-state index contributed by atoms with van der Waals surface area (Å²) in [5.74, 6) is 0. The number of benzene rings is 2. The van der Waals surface area contributed by atoms with Crippen molar-refractivity contribution in [2.75, 3.05) is 12.4 Å². The summed E-state index contributed by atoms with van der Waals surface area (Å²) in [6.45, 7) is 2.12. The number of rotatable bonds is 2. The molecule has 0 amide bonds. The Labute approximate surface area is 90.8 Å². The van der Waals surface area contributed by atoms with Gasteiger partial charge in [-0.05, 0) is 35.7 Å². The van der Waals surface area contributed by atoms with Crippen LogP contribution >= 0.6 is 0 Å². The zero-order valence-corrected chi connectivity index (χ0v) is 9.12. The maximum Gasteiger partial charge on any atom is 0.0346 e. The lowest BCUT2D eigenvalue weighted by molar-refractivity contribution is 1.43. The van der Waals surface area contributed by atoms with E-state index in [1.54, 1.807) is 0 Å². The Morgan fingerprint density at radius 2 is 1.60 bits per heavy atom. The van der Waals surface area contributed by atoms with Crippen LogP contribution in [0.25, 0.3) is 11.1 Å². The molecule has 15 heavy (non-hydrogen) atoms. The summed E-state index contributed by atoms with van der Waals surface area (Å²) in [5, 5.41) is 3.18. The van der Waals surface area contributed by atoms with Gasteiger partial charge >= 0.3 is 0 Å². The molecule has 1 heteroatoms. The molecule has 0 aliphatic carbocycles. The fraction of sp³-hybridized carbons (Fsp3) is 0.143. The van der Waals surface area contributed by atoms with Crippen LogP contribution in [0.3, 0.4) is 0 Å². The van der Waals surface area contributed by atoms with Gasteiger partial charge in [-0.25, -0.2) is 0 Å². The van der Waals surface area contributed by atoms with Gasteiger partial charge in [0, 0.05) is 12.7 Å². The van der Waals surface area contributed by atoms with Crippen molar-refractivity contribution in [1.29, 1.82) is 0 Å². The zero-order valence-electron chi connectivity index (χ0n) is 9.12. The smallest absolute Gasteiger partial charge is 0.0346 e. The predicted molar refractivity (Wildman–Crippen MR) is 66.2 cm³/mol. The highest BCUT2D eigenvalue weighted by Gasteiger charge is 1.99. The van der Waals surface area contributed by atoms with Crippen molar-refractivity contribution in [1.82, 2.24) is 0 Å². The third kappa shape index (κ3) is 2.18. The molecule has 0 saturated heterocycles. The summed E-state index contributed by atoms with van der Waals surface area (Å²) in [6, 6.07) is 17.0. The Balaban J connectivity index is 2.49. The van der Waals surface area contributed by atoms with Gasteiger partial charge in [-0.15, -0.1) is 0 Å². The van der Waals surface area contributed by atoms with Crippen LogP contribution in [0.15, 0.2) is 48.5 Å². The van der Waals surface area contributed by atoms with E-state index in [0.717, 1.165) is 5.69 Å². The van der Waals surface area contributed by atoms with E-state index in [9.17, 15) is 0 Å². The number of hydrogen-bond acceptors (Lipinski definition) is 1. The minimum atomic E-state index is 1.16. The molecule has 76 valence electrons. The van der Waals surface area contributed by atoms with E-state index in [4.69, 9.17) is 0 Å². The first-order valence-corrected chi connectivity index (χ1v) is 5.14. The van der Waals surface area contributed by atoms with Crippen molar-refractivity contribution >= 4 is 5.69 Å². The van der Waals surface area contributed by atoms with E-state index in [-0.39, 0.29) is 0 Å². The minimum Gasteiger partial charge on any atom is -0.388 e. The number of aryl methyl sites for hydroxylation is 1. The second-order valence-electron chi connectivity index (χ2n) is 3.70. The van der Waals surface area contributed by atoms with E-state index in [1.807, 2.05) is 13.1 Å². The van der Waals surface area contributed by atoms with Crippen LogP contribution in [-0.2, 0) is 0 Å². The largest absolute Gasteiger partial charge is 0.388 e. The summed E-state index contributed by atoms with van der Waals surface area (Å²) < 4.78 is 0. The van der Waals surface area contributed by atoms with Gasteiger partial charge in [0.1, 0.15) is 0 Å². The summed E-state index contributed by atoms with van der Waals surface area (Å²) in [7, 11) is 1.95. The lowest BCUT2D eigenvalue weighted by Gasteiger charge is -2.07. The predicted octanol–water partition coefficient (Wildman–Crippen LogP) is 3.70. The quantitative estimate of drug-likeness (QED) is 0.774. The molecule has 0 unspecified atom stereocenters. The van der Waals surface area contributed by atoms with Crippen molar-refractivity contribution in [3.8, 4) is 11.1 Å². The fourth-order valence-electron chi connectivity index (χ4n) is 1.72. The van der Waals surface area contributed by atoms with E-state index in [1.165, 1.54) is 16.7 Å². The van der Waals surface area contributed by atoms with Crippen molar-refractivity contribution in [3.63, 3.8) is 0 Å². The Hall–Kier alpha value is -1.76. The normalized spacial score (nSPS) is 10.0. The third-order valence-electron chi connectivity index (χ3n) is 2.47. The molecule has 0 aromatic heterocycles. The molecule has 0 aliphatic heterocycles. The van der Waals surface area contributed by atoms with Gasteiger partial charge in [-0.3, -0.25) is 0 Å². The molecule has 0 fully saturated rings. The average molecular weight is 197 g/mol. The zero-order chi connectivity index (χ0) is 10.7. The molecule has 0 spiro atoms. The summed E-state index contributed by atoms with van der Waals surface area (Å²) in [6.07, 6.45) is 0. The SMILES string of the molecule is CNc1cc(C)cc(-c2ccccc2)c1. The first-order valence-electron chi connectivity index (χ1n) is 5.14. The van der Waals surface area contributed by atoms with E-state index >= 15 is 0 Å². The Morgan fingerprint density at radius 3 is 2.27 bits per heavy atom. The highest BCUT2D eigenvalue weighted by atomic mass is 14.8. The lowest BCUT2D eigenvalue weighted by atomic mass is 10.0. The van der Waals surface area contributed by atoms with Crippen LogP contribution in [0.4, 0.5) is 5.69 Å². The van der Waals surface area contributed by atoms with Crippen molar-refractivity contribution in [2.24, 2.45) is 0 Å². The Morgan fingerprint density at radius 1 is 0.867 bits per heavy atom. The van der Waals surface area contributed by atoms with Gasteiger partial charge < -0.3 is 5.32 Å². The molecule has 0 atom stereocenters. The van der Waals surface area contributed by atoms with Crippen LogP contribution in [0, 0.1) is 6.92 Å². The molecule has 0 aliphatic rings. The molecular formula is C14H15N. The van der Waals surface area contributed by atoms with E-state index in [2.05, 4.69) is 54.7 Å². The van der Waals surface area contributed by atoms with Gasteiger partial charge in [0.25, 0.3) is 0 Å². The average Bonchev–Trinajstić information content (AvgIpc) is 2.29. The van der Waals surface area contributed by atoms with E-state index < -0.39 is 0 Å². The van der Waals surface area contributed by atoms with Crippen LogP contribution in [0.1, 0.15) is 5.56 Å². The molecule has 0 heterocycles. The number of nitrogens with one attached hydrogen (secondary N) is 1. The molecule has 2 rings (SSSR count). The minimum absolute atomic E-state index is 1.16. The first kappa shape index (κ1) is 9.78. The Bertz CT molecular complexity index is 446. The molecule has 2 aromatic rings. The maximum atomic E-state index is 3.18. The van der Waals surface area contributed by atoms with E-state index in [0.29, 0.717) is 0 Å². The van der Waals surface area contributed by atoms with Crippen molar-refractivity contribution in [2.45, 2.75) is 6.92 Å². The first-order chi connectivity index (χ1) is 7.29. The molecule has 2 aromatic carbocycles. The van der Waals surface area contributed by atoms with Crippen LogP contribution < -0.4 is 5.32 Å². The number of hydrogen-bond donors (Lipinski definition) is 1. The van der Waals surface area contributed by atoms with Gasteiger partial charge in [0.05, 0.1) is 0 Å². The topological polar surface area (TPSA) is 12.0 Å². The van der Waals surface area contributed by atoms with Gasteiger partial charge in [-0.1, -0.05) is 36.4 Å². The van der Waals surface area contributed by atoms with Crippen LogP contribution in [0.2, 0.25) is 0 Å². The molecular weight excluding hydrogens is 182 g/mol.